The number of hydrogen-bond acceptors (Lipinski definition) is 4. The predicted molar refractivity (Wildman–Crippen MR) is 69.5 cm³/mol. The van der Waals surface area contributed by atoms with Crippen LogP contribution in [-0.2, 0) is 16.6 Å². The number of rotatable bonds is 4. The topological polar surface area (TPSA) is 70.0 Å². The van der Waals surface area contributed by atoms with Gasteiger partial charge in [-0.1, -0.05) is 6.07 Å². The molecule has 0 fully saturated rings. The molecule has 18 heavy (non-hydrogen) atoms. The van der Waals surface area contributed by atoms with Gasteiger partial charge in [0.15, 0.2) is 0 Å². The molecule has 0 saturated heterocycles. The van der Waals surface area contributed by atoms with Crippen molar-refractivity contribution in [3.05, 3.63) is 52.2 Å². The lowest BCUT2D eigenvalue weighted by molar-refractivity contribution is 0.582. The second-order valence-electron chi connectivity index (χ2n) is 3.54. The number of nitriles is 1. The Labute approximate surface area is 110 Å². The lowest BCUT2D eigenvalue weighted by Gasteiger charge is -2.05. The molecule has 0 radical (unpaired) electrons. The SMILES string of the molecule is N#Cc1ccc(S(=O)(=O)NCc2cccs2)cc1. The minimum Gasteiger partial charge on any atom is -0.207 e. The quantitative estimate of drug-likeness (QED) is 0.931. The van der Waals surface area contributed by atoms with E-state index in [0.29, 0.717) is 5.56 Å². The maximum atomic E-state index is 11.9. The molecule has 1 N–H and O–H groups in total. The third kappa shape index (κ3) is 2.96. The van der Waals surface area contributed by atoms with E-state index in [1.54, 1.807) is 0 Å². The van der Waals surface area contributed by atoms with E-state index >= 15 is 0 Å². The van der Waals surface area contributed by atoms with Gasteiger partial charge in [-0.05, 0) is 35.7 Å². The number of thiophene rings is 1. The standard InChI is InChI=1S/C12H10N2O2S2/c13-8-10-3-5-12(6-4-10)18(15,16)14-9-11-2-1-7-17-11/h1-7,14H,9H2. The fraction of sp³-hybridized carbons (Fsp3) is 0.0833. The van der Waals surface area contributed by atoms with Crippen LogP contribution < -0.4 is 4.72 Å². The fourth-order valence-corrected chi connectivity index (χ4v) is 3.11. The molecule has 0 aliphatic heterocycles. The molecule has 0 amide bonds. The van der Waals surface area contributed by atoms with E-state index in [-0.39, 0.29) is 11.4 Å². The molecule has 0 aliphatic carbocycles. The Kier molecular flexibility index (Phi) is 3.77. The fourth-order valence-electron chi connectivity index (χ4n) is 1.37. The summed E-state index contributed by atoms with van der Waals surface area (Å²) >= 11 is 1.49. The highest BCUT2D eigenvalue weighted by atomic mass is 32.2. The summed E-state index contributed by atoms with van der Waals surface area (Å²) in [6, 6.07) is 11.5. The van der Waals surface area contributed by atoms with Crippen LogP contribution in [0.25, 0.3) is 0 Å². The first kappa shape index (κ1) is 12.8. The van der Waals surface area contributed by atoms with Crippen LogP contribution >= 0.6 is 11.3 Å². The van der Waals surface area contributed by atoms with Gasteiger partial charge in [0.05, 0.1) is 16.5 Å². The Hall–Kier alpha value is -1.68. The zero-order valence-corrected chi connectivity index (χ0v) is 11.0. The van der Waals surface area contributed by atoms with Gasteiger partial charge in [-0.3, -0.25) is 0 Å². The Morgan fingerprint density at radius 1 is 1.22 bits per heavy atom. The summed E-state index contributed by atoms with van der Waals surface area (Å²) in [5.74, 6) is 0. The summed E-state index contributed by atoms with van der Waals surface area (Å²) in [5.41, 5.74) is 0.437. The monoisotopic (exact) mass is 278 g/mol. The highest BCUT2D eigenvalue weighted by Crippen LogP contribution is 2.12. The van der Waals surface area contributed by atoms with Gasteiger partial charge in [-0.25, -0.2) is 13.1 Å². The zero-order chi connectivity index (χ0) is 13.0. The summed E-state index contributed by atoms with van der Waals surface area (Å²) in [5, 5.41) is 10.5. The molecule has 0 spiro atoms. The summed E-state index contributed by atoms with van der Waals surface area (Å²) < 4.78 is 26.4. The predicted octanol–water partition coefficient (Wildman–Crippen LogP) is 2.10. The Morgan fingerprint density at radius 2 is 1.94 bits per heavy atom. The van der Waals surface area contributed by atoms with Crippen LogP contribution in [0.4, 0.5) is 0 Å². The molecule has 0 saturated carbocycles. The van der Waals surface area contributed by atoms with Gasteiger partial charge >= 0.3 is 0 Å². The van der Waals surface area contributed by atoms with Gasteiger partial charge in [0.25, 0.3) is 0 Å². The van der Waals surface area contributed by atoms with Crippen molar-refractivity contribution in [3.63, 3.8) is 0 Å². The van der Waals surface area contributed by atoms with Gasteiger partial charge in [-0.2, -0.15) is 5.26 Å². The van der Waals surface area contributed by atoms with Crippen LogP contribution in [0.15, 0.2) is 46.7 Å². The molecule has 0 atom stereocenters. The van der Waals surface area contributed by atoms with Gasteiger partial charge in [0.2, 0.25) is 10.0 Å². The second-order valence-corrected chi connectivity index (χ2v) is 6.34. The average molecular weight is 278 g/mol. The molecule has 6 heteroatoms. The van der Waals surface area contributed by atoms with Crippen molar-refractivity contribution in [2.75, 3.05) is 0 Å². The smallest absolute Gasteiger partial charge is 0.207 e. The van der Waals surface area contributed by atoms with E-state index in [1.165, 1.54) is 35.6 Å². The van der Waals surface area contributed by atoms with Crippen LogP contribution in [0.5, 0.6) is 0 Å². The maximum Gasteiger partial charge on any atom is 0.240 e. The van der Waals surface area contributed by atoms with E-state index in [0.717, 1.165) is 4.88 Å². The van der Waals surface area contributed by atoms with E-state index in [9.17, 15) is 8.42 Å². The van der Waals surface area contributed by atoms with Crippen molar-refractivity contribution < 1.29 is 8.42 Å². The summed E-state index contributed by atoms with van der Waals surface area (Å²) in [6.07, 6.45) is 0. The number of hydrogen-bond donors (Lipinski definition) is 1. The van der Waals surface area contributed by atoms with E-state index in [1.807, 2.05) is 23.6 Å². The Balaban J connectivity index is 2.13. The Morgan fingerprint density at radius 3 is 2.50 bits per heavy atom. The van der Waals surface area contributed by atoms with Crippen molar-refractivity contribution in [1.82, 2.24) is 4.72 Å². The van der Waals surface area contributed by atoms with Crippen LogP contribution in [-0.4, -0.2) is 8.42 Å². The van der Waals surface area contributed by atoms with Crippen molar-refractivity contribution in [1.29, 1.82) is 5.26 Å². The van der Waals surface area contributed by atoms with Gasteiger partial charge in [-0.15, -0.1) is 11.3 Å². The van der Waals surface area contributed by atoms with Crippen molar-refractivity contribution in [2.24, 2.45) is 0 Å². The van der Waals surface area contributed by atoms with Crippen LogP contribution in [0.2, 0.25) is 0 Å². The first-order chi connectivity index (χ1) is 8.62. The molecule has 2 rings (SSSR count). The highest BCUT2D eigenvalue weighted by Gasteiger charge is 2.13. The molecular weight excluding hydrogens is 268 g/mol. The summed E-state index contributed by atoms with van der Waals surface area (Å²) in [7, 11) is -3.51. The van der Waals surface area contributed by atoms with Crippen molar-refractivity contribution >= 4 is 21.4 Å². The van der Waals surface area contributed by atoms with Crippen molar-refractivity contribution in [2.45, 2.75) is 11.4 Å². The van der Waals surface area contributed by atoms with Crippen LogP contribution in [0.1, 0.15) is 10.4 Å². The second kappa shape index (κ2) is 5.31. The zero-order valence-electron chi connectivity index (χ0n) is 9.33. The third-order valence-electron chi connectivity index (χ3n) is 2.31. The summed E-state index contributed by atoms with van der Waals surface area (Å²) in [6.45, 7) is 0.278. The largest absolute Gasteiger partial charge is 0.240 e. The maximum absolute atomic E-state index is 11.9. The highest BCUT2D eigenvalue weighted by molar-refractivity contribution is 7.89. The number of nitrogens with one attached hydrogen (secondary N) is 1. The van der Waals surface area contributed by atoms with Crippen LogP contribution in [0, 0.1) is 11.3 Å². The molecule has 0 bridgehead atoms. The Bertz CT molecular complexity index is 653. The average Bonchev–Trinajstić information content (AvgIpc) is 2.90. The third-order valence-corrected chi connectivity index (χ3v) is 4.60. The molecule has 4 nitrogen and oxygen atoms in total. The normalized spacial score (nSPS) is 11.1. The minimum absolute atomic E-state index is 0.165. The molecule has 92 valence electrons. The minimum atomic E-state index is -3.51. The lowest BCUT2D eigenvalue weighted by atomic mass is 10.2. The summed E-state index contributed by atoms with van der Waals surface area (Å²) in [4.78, 5) is 1.12. The van der Waals surface area contributed by atoms with Gasteiger partial charge < -0.3 is 0 Å². The molecule has 0 unspecified atom stereocenters. The van der Waals surface area contributed by atoms with E-state index in [2.05, 4.69) is 4.72 Å². The van der Waals surface area contributed by atoms with Gasteiger partial charge in [0, 0.05) is 11.4 Å². The molecule has 1 aromatic heterocycles. The number of benzene rings is 1. The molecule has 1 heterocycles. The molecule has 2 aromatic rings. The first-order valence-corrected chi connectivity index (χ1v) is 7.50. The van der Waals surface area contributed by atoms with Gasteiger partial charge in [0.1, 0.15) is 0 Å². The molecule has 0 aliphatic rings. The molecule has 1 aromatic carbocycles. The van der Waals surface area contributed by atoms with E-state index < -0.39 is 10.0 Å². The lowest BCUT2D eigenvalue weighted by Crippen LogP contribution is -2.22. The van der Waals surface area contributed by atoms with Crippen LogP contribution in [0.3, 0.4) is 0 Å². The van der Waals surface area contributed by atoms with Crippen molar-refractivity contribution in [3.8, 4) is 6.07 Å². The number of nitrogens with zero attached hydrogens (tertiary/aromatic N) is 1. The number of sulfonamides is 1. The first-order valence-electron chi connectivity index (χ1n) is 5.14. The molecular formula is C12H10N2O2S2. The van der Waals surface area contributed by atoms with E-state index in [4.69, 9.17) is 5.26 Å².